The van der Waals surface area contributed by atoms with Gasteiger partial charge in [0.25, 0.3) is 0 Å². The maximum atomic E-state index is 15.5. The zero-order chi connectivity index (χ0) is 21.5. The van der Waals surface area contributed by atoms with E-state index in [4.69, 9.17) is 4.42 Å². The number of halogens is 2. The fourth-order valence-electron chi connectivity index (χ4n) is 3.79. The van der Waals surface area contributed by atoms with Crippen LogP contribution in [0.5, 0.6) is 0 Å². The van der Waals surface area contributed by atoms with Gasteiger partial charge in [-0.2, -0.15) is 0 Å². The van der Waals surface area contributed by atoms with E-state index in [2.05, 4.69) is 47.6 Å². The van der Waals surface area contributed by atoms with Gasteiger partial charge in [-0.15, -0.1) is 0 Å². The molecule has 1 atom stereocenters. The Bertz CT molecular complexity index is 1180. The van der Waals surface area contributed by atoms with Crippen LogP contribution in [0.25, 0.3) is 33.9 Å². The normalized spacial score (nSPS) is 13.1. The first-order valence-electron chi connectivity index (χ1n) is 10.0. The van der Waals surface area contributed by atoms with E-state index in [-0.39, 0.29) is 17.0 Å². The molecule has 0 aliphatic rings. The van der Waals surface area contributed by atoms with Crippen LogP contribution in [-0.2, 0) is 6.42 Å². The second kappa shape index (κ2) is 7.63. The third-order valence-corrected chi connectivity index (χ3v) is 5.57. The Labute approximate surface area is 173 Å². The minimum atomic E-state index is -0.486. The van der Waals surface area contributed by atoms with Crippen molar-refractivity contribution in [1.82, 2.24) is 19.9 Å². The molecule has 156 valence electrons. The Hall–Kier alpha value is -3.09. The van der Waals surface area contributed by atoms with Crippen molar-refractivity contribution in [3.05, 3.63) is 54.2 Å². The standard InChI is InChI=1S/C23H24F2N4O/c1-5-13(23(2,3)4)9-17-19(25)20(18-7-6-8-30-18)29-22(28-17)16-12-27-21-15(16)10-14(24)11-26-21/h6-8,10-13H,5,9H2,1-4H3,(H,26,27)/t13-/m0/s1. The molecule has 7 heteroatoms. The van der Waals surface area contributed by atoms with Gasteiger partial charge in [-0.05, 0) is 36.0 Å². The Kier molecular flexibility index (Phi) is 5.13. The van der Waals surface area contributed by atoms with Crippen LogP contribution in [0.1, 0.15) is 39.8 Å². The van der Waals surface area contributed by atoms with Crippen LogP contribution in [0.15, 0.2) is 41.3 Å². The van der Waals surface area contributed by atoms with E-state index in [1.165, 1.54) is 12.3 Å². The Morgan fingerprint density at radius 1 is 1.20 bits per heavy atom. The number of furan rings is 1. The summed E-state index contributed by atoms with van der Waals surface area (Å²) in [5, 5.41) is 0.542. The fourth-order valence-corrected chi connectivity index (χ4v) is 3.79. The molecular formula is C23H24F2N4O. The van der Waals surface area contributed by atoms with Crippen LogP contribution in [0.3, 0.4) is 0 Å². The number of nitrogens with one attached hydrogen (secondary N) is 1. The van der Waals surface area contributed by atoms with Gasteiger partial charge in [0.15, 0.2) is 17.4 Å². The van der Waals surface area contributed by atoms with Crippen molar-refractivity contribution in [2.75, 3.05) is 0 Å². The molecule has 0 saturated heterocycles. The molecule has 0 aliphatic carbocycles. The highest BCUT2D eigenvalue weighted by Crippen LogP contribution is 2.35. The summed E-state index contributed by atoms with van der Waals surface area (Å²) in [6, 6.07) is 4.72. The van der Waals surface area contributed by atoms with Gasteiger partial charge in [-0.1, -0.05) is 34.1 Å². The van der Waals surface area contributed by atoms with Crippen LogP contribution in [-0.4, -0.2) is 19.9 Å². The predicted octanol–water partition coefficient (Wildman–Crippen LogP) is 6.17. The topological polar surface area (TPSA) is 67.6 Å². The van der Waals surface area contributed by atoms with E-state index in [0.29, 0.717) is 40.3 Å². The van der Waals surface area contributed by atoms with Crippen molar-refractivity contribution in [3.63, 3.8) is 0 Å². The van der Waals surface area contributed by atoms with Crippen molar-refractivity contribution in [2.24, 2.45) is 11.3 Å². The Morgan fingerprint density at radius 3 is 2.67 bits per heavy atom. The van der Waals surface area contributed by atoms with Gasteiger partial charge in [0.1, 0.15) is 17.2 Å². The number of aromatic amines is 1. The first kappa shape index (κ1) is 20.2. The molecule has 0 aliphatic heterocycles. The lowest BCUT2D eigenvalue weighted by Gasteiger charge is -2.29. The van der Waals surface area contributed by atoms with Crippen molar-refractivity contribution in [2.45, 2.75) is 40.5 Å². The minimum Gasteiger partial charge on any atom is -0.463 e. The molecule has 4 heterocycles. The average Bonchev–Trinajstić information content (AvgIpc) is 3.36. The number of rotatable bonds is 5. The zero-order valence-corrected chi connectivity index (χ0v) is 17.5. The summed E-state index contributed by atoms with van der Waals surface area (Å²) >= 11 is 0. The zero-order valence-electron chi connectivity index (χ0n) is 17.5. The molecule has 30 heavy (non-hydrogen) atoms. The molecule has 5 nitrogen and oxygen atoms in total. The fraction of sp³-hybridized carbons (Fsp3) is 0.348. The second-order valence-electron chi connectivity index (χ2n) is 8.56. The number of hydrogen-bond acceptors (Lipinski definition) is 4. The van der Waals surface area contributed by atoms with Crippen LogP contribution >= 0.6 is 0 Å². The van der Waals surface area contributed by atoms with Gasteiger partial charge in [0.05, 0.1) is 18.2 Å². The van der Waals surface area contributed by atoms with E-state index in [9.17, 15) is 4.39 Å². The van der Waals surface area contributed by atoms with Crippen molar-refractivity contribution in [1.29, 1.82) is 0 Å². The molecule has 0 bridgehead atoms. The molecule has 0 radical (unpaired) electrons. The molecule has 4 aromatic heterocycles. The summed E-state index contributed by atoms with van der Waals surface area (Å²) in [6.45, 7) is 8.52. The molecule has 0 spiro atoms. The monoisotopic (exact) mass is 410 g/mol. The summed E-state index contributed by atoms with van der Waals surface area (Å²) in [5.74, 6) is -0.0943. The maximum Gasteiger partial charge on any atom is 0.174 e. The highest BCUT2D eigenvalue weighted by molar-refractivity contribution is 5.91. The van der Waals surface area contributed by atoms with Gasteiger partial charge in [0.2, 0.25) is 0 Å². The Morgan fingerprint density at radius 2 is 2.00 bits per heavy atom. The number of H-pyrrole nitrogens is 1. The molecule has 0 amide bonds. The quantitative estimate of drug-likeness (QED) is 0.427. The van der Waals surface area contributed by atoms with Crippen LogP contribution in [0, 0.1) is 23.0 Å². The van der Waals surface area contributed by atoms with Gasteiger partial charge >= 0.3 is 0 Å². The van der Waals surface area contributed by atoms with E-state index >= 15 is 4.39 Å². The number of hydrogen-bond donors (Lipinski definition) is 1. The van der Waals surface area contributed by atoms with Crippen molar-refractivity contribution < 1.29 is 13.2 Å². The molecular weight excluding hydrogens is 386 g/mol. The third-order valence-electron chi connectivity index (χ3n) is 5.57. The smallest absolute Gasteiger partial charge is 0.174 e. The minimum absolute atomic E-state index is 0.00895. The number of aromatic nitrogens is 4. The van der Waals surface area contributed by atoms with E-state index in [0.717, 1.165) is 12.6 Å². The third kappa shape index (κ3) is 3.72. The summed E-state index contributed by atoms with van der Waals surface area (Å²) in [5.41, 5.74) is 1.50. The number of nitrogens with zero attached hydrogens (tertiary/aromatic N) is 3. The average molecular weight is 410 g/mol. The molecule has 0 unspecified atom stereocenters. The van der Waals surface area contributed by atoms with E-state index in [1.54, 1.807) is 18.3 Å². The van der Waals surface area contributed by atoms with Crippen LogP contribution in [0.2, 0.25) is 0 Å². The summed E-state index contributed by atoms with van der Waals surface area (Å²) in [6.07, 6.45) is 5.64. The van der Waals surface area contributed by atoms with Crippen LogP contribution < -0.4 is 0 Å². The molecule has 1 N–H and O–H groups in total. The van der Waals surface area contributed by atoms with Gasteiger partial charge in [-0.25, -0.2) is 23.7 Å². The van der Waals surface area contributed by atoms with Gasteiger partial charge in [-0.3, -0.25) is 0 Å². The second-order valence-corrected chi connectivity index (χ2v) is 8.56. The largest absolute Gasteiger partial charge is 0.463 e. The number of pyridine rings is 1. The van der Waals surface area contributed by atoms with E-state index in [1.807, 2.05) is 0 Å². The predicted molar refractivity (Wildman–Crippen MR) is 112 cm³/mol. The van der Waals surface area contributed by atoms with Gasteiger partial charge in [0, 0.05) is 17.1 Å². The molecule has 4 aromatic rings. The molecule has 0 fully saturated rings. The van der Waals surface area contributed by atoms with Crippen molar-refractivity contribution in [3.8, 4) is 22.8 Å². The SMILES string of the molecule is CC[C@@H](Cc1nc(-c2c[nH]c3ncc(F)cc23)nc(-c2ccco2)c1F)C(C)(C)C. The highest BCUT2D eigenvalue weighted by Gasteiger charge is 2.27. The molecule has 4 rings (SSSR count). The highest BCUT2D eigenvalue weighted by atomic mass is 19.1. The summed E-state index contributed by atoms with van der Waals surface area (Å²) in [4.78, 5) is 16.1. The van der Waals surface area contributed by atoms with Crippen molar-refractivity contribution >= 4 is 11.0 Å². The lowest BCUT2D eigenvalue weighted by molar-refractivity contribution is 0.228. The lowest BCUT2D eigenvalue weighted by atomic mass is 9.76. The van der Waals surface area contributed by atoms with Gasteiger partial charge < -0.3 is 9.40 Å². The first-order chi connectivity index (χ1) is 14.3. The lowest BCUT2D eigenvalue weighted by Crippen LogP contribution is -2.23. The Balaban J connectivity index is 1.90. The maximum absolute atomic E-state index is 15.5. The summed E-state index contributed by atoms with van der Waals surface area (Å²) < 4.78 is 34.7. The molecule has 0 aromatic carbocycles. The van der Waals surface area contributed by atoms with E-state index < -0.39 is 11.6 Å². The molecule has 0 saturated carbocycles. The summed E-state index contributed by atoms with van der Waals surface area (Å²) in [7, 11) is 0. The number of fused-ring (bicyclic) bond motifs is 1. The first-order valence-corrected chi connectivity index (χ1v) is 10.0. The van der Waals surface area contributed by atoms with Crippen LogP contribution in [0.4, 0.5) is 8.78 Å².